The normalized spacial score (nSPS) is 27.4. The van der Waals surface area contributed by atoms with Crippen molar-refractivity contribution >= 4 is 21.6 Å². The summed E-state index contributed by atoms with van der Waals surface area (Å²) in [5, 5.41) is 0.706. The van der Waals surface area contributed by atoms with Crippen LogP contribution < -0.4 is 4.90 Å². The van der Waals surface area contributed by atoms with Crippen LogP contribution in [0.4, 0.5) is 10.1 Å². The Morgan fingerprint density at radius 2 is 2.15 bits per heavy atom. The van der Waals surface area contributed by atoms with E-state index < -0.39 is 0 Å². The number of hydrogen-bond acceptors (Lipinski definition) is 2. The average molecular weight is 341 g/mol. The SMILES string of the molecule is CC1CN2CCCCC2CN1c1ccc(F)cc1CBr. The molecule has 0 spiro atoms. The lowest BCUT2D eigenvalue weighted by Gasteiger charge is -2.48. The van der Waals surface area contributed by atoms with Gasteiger partial charge in [0.05, 0.1) is 0 Å². The van der Waals surface area contributed by atoms with Gasteiger partial charge in [-0.2, -0.15) is 0 Å². The monoisotopic (exact) mass is 340 g/mol. The number of piperazine rings is 1. The molecule has 0 aliphatic carbocycles. The predicted octanol–water partition coefficient (Wildman–Crippen LogP) is 3.78. The molecule has 110 valence electrons. The Morgan fingerprint density at radius 3 is 2.95 bits per heavy atom. The zero-order valence-electron chi connectivity index (χ0n) is 12.0. The molecule has 0 bridgehead atoms. The number of fused-ring (bicyclic) bond motifs is 1. The molecule has 2 unspecified atom stereocenters. The van der Waals surface area contributed by atoms with Crippen molar-refractivity contribution in [1.82, 2.24) is 4.90 Å². The molecule has 0 aromatic heterocycles. The van der Waals surface area contributed by atoms with Gasteiger partial charge in [-0.05, 0) is 50.1 Å². The van der Waals surface area contributed by atoms with Crippen molar-refractivity contribution in [2.45, 2.75) is 43.6 Å². The molecule has 2 saturated heterocycles. The molecule has 3 rings (SSSR count). The highest BCUT2D eigenvalue weighted by Crippen LogP contribution is 2.31. The van der Waals surface area contributed by atoms with Crippen molar-refractivity contribution < 1.29 is 4.39 Å². The van der Waals surface area contributed by atoms with E-state index in [1.807, 2.05) is 6.07 Å². The Bertz CT molecular complexity index is 480. The minimum atomic E-state index is -0.146. The van der Waals surface area contributed by atoms with E-state index in [1.54, 1.807) is 12.1 Å². The molecule has 2 aliphatic rings. The summed E-state index contributed by atoms with van der Waals surface area (Å²) >= 11 is 3.49. The maximum atomic E-state index is 13.4. The first-order valence-electron chi connectivity index (χ1n) is 7.54. The Labute approximate surface area is 129 Å². The standard InChI is InChI=1S/C16H22BrFN2/c1-12-10-19-7-3-2-4-15(19)11-20(12)16-6-5-14(18)8-13(16)9-17/h5-6,8,12,15H,2-4,7,9-11H2,1H3. The van der Waals surface area contributed by atoms with Gasteiger partial charge in [-0.25, -0.2) is 4.39 Å². The quantitative estimate of drug-likeness (QED) is 0.756. The van der Waals surface area contributed by atoms with Crippen LogP contribution in [0, 0.1) is 5.82 Å². The van der Waals surface area contributed by atoms with Crippen LogP contribution in [-0.2, 0) is 5.33 Å². The van der Waals surface area contributed by atoms with E-state index in [2.05, 4.69) is 32.7 Å². The number of anilines is 1. The summed E-state index contributed by atoms with van der Waals surface area (Å²) in [7, 11) is 0. The van der Waals surface area contributed by atoms with Gasteiger partial charge in [-0.1, -0.05) is 22.4 Å². The average Bonchev–Trinajstić information content (AvgIpc) is 2.46. The van der Waals surface area contributed by atoms with Gasteiger partial charge in [0, 0.05) is 36.2 Å². The maximum absolute atomic E-state index is 13.4. The number of halogens is 2. The van der Waals surface area contributed by atoms with Crippen molar-refractivity contribution in [3.8, 4) is 0 Å². The molecule has 20 heavy (non-hydrogen) atoms. The molecule has 0 amide bonds. The highest BCUT2D eigenvalue weighted by atomic mass is 79.9. The number of piperidine rings is 1. The third-order valence-electron chi connectivity index (χ3n) is 4.68. The van der Waals surface area contributed by atoms with E-state index >= 15 is 0 Å². The van der Waals surface area contributed by atoms with Gasteiger partial charge >= 0.3 is 0 Å². The molecule has 1 aromatic carbocycles. The lowest BCUT2D eigenvalue weighted by molar-refractivity contribution is 0.115. The second-order valence-corrected chi connectivity index (χ2v) is 6.61. The molecule has 4 heteroatoms. The number of alkyl halides is 1. The van der Waals surface area contributed by atoms with Gasteiger partial charge in [0.25, 0.3) is 0 Å². The van der Waals surface area contributed by atoms with Crippen LogP contribution in [-0.4, -0.2) is 36.6 Å². The van der Waals surface area contributed by atoms with Crippen molar-refractivity contribution in [2.75, 3.05) is 24.5 Å². The molecule has 2 atom stereocenters. The zero-order chi connectivity index (χ0) is 14.1. The number of hydrogen-bond donors (Lipinski definition) is 0. The Hall–Kier alpha value is -0.610. The Morgan fingerprint density at radius 1 is 1.30 bits per heavy atom. The summed E-state index contributed by atoms with van der Waals surface area (Å²) in [6, 6.07) is 6.35. The van der Waals surface area contributed by atoms with E-state index in [-0.39, 0.29) is 5.82 Å². The molecule has 1 aromatic rings. The number of nitrogens with zero attached hydrogens (tertiary/aromatic N) is 2. The molecule has 2 nitrogen and oxygen atoms in total. The minimum Gasteiger partial charge on any atom is -0.366 e. The van der Waals surface area contributed by atoms with Gasteiger partial charge in [0.15, 0.2) is 0 Å². The van der Waals surface area contributed by atoms with E-state index in [0.29, 0.717) is 17.4 Å². The van der Waals surface area contributed by atoms with Crippen LogP contribution in [0.1, 0.15) is 31.7 Å². The molecule has 0 saturated carbocycles. The maximum Gasteiger partial charge on any atom is 0.123 e. The number of benzene rings is 1. The fourth-order valence-corrected chi connectivity index (χ4v) is 4.08. The van der Waals surface area contributed by atoms with Crippen LogP contribution >= 0.6 is 15.9 Å². The lowest BCUT2D eigenvalue weighted by Crippen LogP contribution is -2.59. The minimum absolute atomic E-state index is 0.146. The van der Waals surface area contributed by atoms with Gasteiger partial charge in [0.1, 0.15) is 5.82 Å². The van der Waals surface area contributed by atoms with Crippen LogP contribution in [0.25, 0.3) is 0 Å². The van der Waals surface area contributed by atoms with Gasteiger partial charge in [-0.15, -0.1) is 0 Å². The van der Waals surface area contributed by atoms with Crippen LogP contribution in [0.15, 0.2) is 18.2 Å². The summed E-state index contributed by atoms with van der Waals surface area (Å²) in [6.45, 7) is 5.74. The second-order valence-electron chi connectivity index (χ2n) is 6.05. The van der Waals surface area contributed by atoms with E-state index in [4.69, 9.17) is 0 Å². The second kappa shape index (κ2) is 6.02. The van der Waals surface area contributed by atoms with Crippen molar-refractivity contribution in [3.63, 3.8) is 0 Å². The summed E-state index contributed by atoms with van der Waals surface area (Å²) in [6.07, 6.45) is 3.98. The van der Waals surface area contributed by atoms with E-state index in [0.717, 1.165) is 18.7 Å². The Balaban J connectivity index is 1.85. The molecule has 2 heterocycles. The van der Waals surface area contributed by atoms with E-state index in [9.17, 15) is 4.39 Å². The first kappa shape index (κ1) is 14.3. The fourth-order valence-electron chi connectivity index (χ4n) is 3.63. The summed E-state index contributed by atoms with van der Waals surface area (Å²) < 4.78 is 13.4. The van der Waals surface area contributed by atoms with Crippen LogP contribution in [0.5, 0.6) is 0 Å². The van der Waals surface area contributed by atoms with Crippen molar-refractivity contribution in [3.05, 3.63) is 29.6 Å². The largest absolute Gasteiger partial charge is 0.366 e. The van der Waals surface area contributed by atoms with Crippen molar-refractivity contribution in [1.29, 1.82) is 0 Å². The number of rotatable bonds is 2. The summed E-state index contributed by atoms with van der Waals surface area (Å²) in [5.41, 5.74) is 2.25. The highest BCUT2D eigenvalue weighted by molar-refractivity contribution is 9.08. The molecular weight excluding hydrogens is 319 g/mol. The van der Waals surface area contributed by atoms with Gasteiger partial charge in [0.2, 0.25) is 0 Å². The molecule has 2 aliphatic heterocycles. The molecular formula is C16H22BrFN2. The Kier molecular flexibility index (Phi) is 4.32. The molecule has 0 radical (unpaired) electrons. The smallest absolute Gasteiger partial charge is 0.123 e. The van der Waals surface area contributed by atoms with Crippen LogP contribution in [0.2, 0.25) is 0 Å². The third-order valence-corrected chi connectivity index (χ3v) is 5.29. The van der Waals surface area contributed by atoms with E-state index in [1.165, 1.54) is 31.5 Å². The summed E-state index contributed by atoms with van der Waals surface area (Å²) in [5.74, 6) is -0.146. The lowest BCUT2D eigenvalue weighted by atomic mass is 9.96. The van der Waals surface area contributed by atoms with Crippen LogP contribution in [0.3, 0.4) is 0 Å². The molecule has 0 N–H and O–H groups in total. The van der Waals surface area contributed by atoms with Gasteiger partial charge < -0.3 is 4.90 Å². The topological polar surface area (TPSA) is 6.48 Å². The van der Waals surface area contributed by atoms with Gasteiger partial charge in [-0.3, -0.25) is 4.90 Å². The highest BCUT2D eigenvalue weighted by Gasteiger charge is 2.33. The third kappa shape index (κ3) is 2.73. The first-order chi connectivity index (χ1) is 9.69. The zero-order valence-corrected chi connectivity index (χ0v) is 13.6. The first-order valence-corrected chi connectivity index (χ1v) is 8.66. The molecule has 2 fully saturated rings. The van der Waals surface area contributed by atoms with Crippen molar-refractivity contribution in [2.24, 2.45) is 0 Å². The summed E-state index contributed by atoms with van der Waals surface area (Å²) in [4.78, 5) is 5.12. The predicted molar refractivity (Wildman–Crippen MR) is 85.1 cm³/mol. The fraction of sp³-hybridized carbons (Fsp3) is 0.625.